The van der Waals surface area contributed by atoms with E-state index in [0.29, 0.717) is 0 Å². The zero-order chi connectivity index (χ0) is 10.8. The maximum atomic E-state index is 3.48. The minimum Gasteiger partial charge on any atom is -0.315 e. The molecule has 2 fully saturated rings. The second-order valence-corrected chi connectivity index (χ2v) is 5.29. The van der Waals surface area contributed by atoms with Gasteiger partial charge in [-0.05, 0) is 40.4 Å². The molecule has 0 aromatic carbocycles. The number of hydrogen-bond acceptors (Lipinski definition) is 3. The van der Waals surface area contributed by atoms with Crippen molar-refractivity contribution >= 4 is 0 Å². The summed E-state index contributed by atoms with van der Waals surface area (Å²) in [5, 5.41) is 3.48. The van der Waals surface area contributed by atoms with Crippen LogP contribution in [0.3, 0.4) is 0 Å². The standard InChI is InChI=1S/C12H25N3/c1-13-11-5-4-6-12(11)15-8-7-10(9-15)14(2)3/h10-13H,4-9H2,1-3H3. The van der Waals surface area contributed by atoms with Crippen LogP contribution in [0.5, 0.6) is 0 Å². The van der Waals surface area contributed by atoms with Crippen molar-refractivity contribution in [3.05, 3.63) is 0 Å². The van der Waals surface area contributed by atoms with Gasteiger partial charge in [-0.25, -0.2) is 0 Å². The fraction of sp³-hybridized carbons (Fsp3) is 1.00. The lowest BCUT2D eigenvalue weighted by Gasteiger charge is -2.30. The third-order valence-corrected chi connectivity index (χ3v) is 4.24. The molecule has 1 heterocycles. The SMILES string of the molecule is CNC1CCCC1N1CCC(N(C)C)C1. The summed E-state index contributed by atoms with van der Waals surface area (Å²) in [6.07, 6.45) is 5.51. The quantitative estimate of drug-likeness (QED) is 0.743. The van der Waals surface area contributed by atoms with Crippen LogP contribution < -0.4 is 5.32 Å². The Labute approximate surface area is 93.8 Å². The van der Waals surface area contributed by atoms with Gasteiger partial charge in [-0.2, -0.15) is 0 Å². The van der Waals surface area contributed by atoms with Crippen LogP contribution in [0.25, 0.3) is 0 Å². The molecule has 1 aliphatic carbocycles. The Morgan fingerprint density at radius 3 is 2.60 bits per heavy atom. The first-order valence-electron chi connectivity index (χ1n) is 6.30. The van der Waals surface area contributed by atoms with Gasteiger partial charge < -0.3 is 10.2 Å². The fourth-order valence-corrected chi connectivity index (χ4v) is 3.21. The Morgan fingerprint density at radius 1 is 1.20 bits per heavy atom. The van der Waals surface area contributed by atoms with Gasteiger partial charge >= 0.3 is 0 Å². The summed E-state index contributed by atoms with van der Waals surface area (Å²) in [6, 6.07) is 2.33. The molecule has 2 rings (SSSR count). The average molecular weight is 211 g/mol. The van der Waals surface area contributed by atoms with Gasteiger partial charge in [0, 0.05) is 31.2 Å². The Hall–Kier alpha value is -0.120. The van der Waals surface area contributed by atoms with Gasteiger partial charge in [0.05, 0.1) is 0 Å². The van der Waals surface area contributed by atoms with E-state index < -0.39 is 0 Å². The van der Waals surface area contributed by atoms with Crippen molar-refractivity contribution in [2.75, 3.05) is 34.2 Å². The molecule has 3 heteroatoms. The molecule has 0 aromatic heterocycles. The monoisotopic (exact) mass is 211 g/mol. The summed E-state index contributed by atoms with van der Waals surface area (Å²) in [7, 11) is 6.53. The third kappa shape index (κ3) is 2.35. The topological polar surface area (TPSA) is 18.5 Å². The van der Waals surface area contributed by atoms with Crippen molar-refractivity contribution in [2.24, 2.45) is 0 Å². The molecule has 2 aliphatic rings. The lowest BCUT2D eigenvalue weighted by molar-refractivity contribution is 0.195. The van der Waals surface area contributed by atoms with E-state index in [1.807, 2.05) is 0 Å². The third-order valence-electron chi connectivity index (χ3n) is 4.24. The van der Waals surface area contributed by atoms with Crippen molar-refractivity contribution in [1.29, 1.82) is 0 Å². The van der Waals surface area contributed by atoms with Crippen LogP contribution in [0.2, 0.25) is 0 Å². The maximum Gasteiger partial charge on any atom is 0.0249 e. The van der Waals surface area contributed by atoms with Crippen molar-refractivity contribution in [3.63, 3.8) is 0 Å². The van der Waals surface area contributed by atoms with Crippen molar-refractivity contribution in [1.82, 2.24) is 15.1 Å². The molecule has 1 aliphatic heterocycles. The lowest BCUT2D eigenvalue weighted by Crippen LogP contribution is -2.45. The first-order chi connectivity index (χ1) is 7.22. The molecule has 0 amide bonds. The summed E-state index contributed by atoms with van der Waals surface area (Å²) < 4.78 is 0. The van der Waals surface area contributed by atoms with E-state index in [4.69, 9.17) is 0 Å². The van der Waals surface area contributed by atoms with E-state index in [1.54, 1.807) is 0 Å². The Kier molecular flexibility index (Phi) is 3.65. The lowest BCUT2D eigenvalue weighted by atomic mass is 10.1. The Balaban J connectivity index is 1.89. The number of hydrogen-bond donors (Lipinski definition) is 1. The highest BCUT2D eigenvalue weighted by Gasteiger charge is 2.35. The molecule has 1 saturated heterocycles. The maximum absolute atomic E-state index is 3.48. The van der Waals surface area contributed by atoms with Crippen molar-refractivity contribution in [3.8, 4) is 0 Å². The molecule has 3 nitrogen and oxygen atoms in total. The second kappa shape index (κ2) is 4.81. The molecular weight excluding hydrogens is 186 g/mol. The van der Waals surface area contributed by atoms with Crippen molar-refractivity contribution < 1.29 is 0 Å². The van der Waals surface area contributed by atoms with Gasteiger partial charge in [0.2, 0.25) is 0 Å². The second-order valence-electron chi connectivity index (χ2n) is 5.29. The molecular formula is C12H25N3. The van der Waals surface area contributed by atoms with Crippen LogP contribution in [0.15, 0.2) is 0 Å². The first kappa shape index (κ1) is 11.4. The minimum absolute atomic E-state index is 0.742. The largest absolute Gasteiger partial charge is 0.315 e. The van der Waals surface area contributed by atoms with Gasteiger partial charge in [0.15, 0.2) is 0 Å². The molecule has 1 N–H and O–H groups in total. The molecule has 3 unspecified atom stereocenters. The molecule has 0 aromatic rings. The van der Waals surface area contributed by atoms with Gasteiger partial charge in [0.1, 0.15) is 0 Å². The number of likely N-dealkylation sites (N-methyl/N-ethyl adjacent to an activating group) is 2. The van der Waals surface area contributed by atoms with E-state index >= 15 is 0 Å². The normalized spacial score (nSPS) is 38.0. The summed E-state index contributed by atoms with van der Waals surface area (Å²) in [4.78, 5) is 5.09. The molecule has 0 radical (unpaired) electrons. The van der Waals surface area contributed by atoms with E-state index in [9.17, 15) is 0 Å². The molecule has 3 atom stereocenters. The molecule has 1 saturated carbocycles. The highest BCUT2D eigenvalue weighted by Crippen LogP contribution is 2.27. The van der Waals surface area contributed by atoms with E-state index in [2.05, 4.69) is 36.3 Å². The average Bonchev–Trinajstić information content (AvgIpc) is 2.85. The molecule has 88 valence electrons. The minimum atomic E-state index is 0.742. The molecule has 0 spiro atoms. The molecule has 15 heavy (non-hydrogen) atoms. The summed E-state index contributed by atoms with van der Waals surface area (Å²) in [5.41, 5.74) is 0. The van der Waals surface area contributed by atoms with E-state index in [-0.39, 0.29) is 0 Å². The van der Waals surface area contributed by atoms with Crippen LogP contribution in [-0.4, -0.2) is 62.2 Å². The van der Waals surface area contributed by atoms with Crippen LogP contribution >= 0.6 is 0 Å². The van der Waals surface area contributed by atoms with Crippen LogP contribution in [0.1, 0.15) is 25.7 Å². The highest BCUT2D eigenvalue weighted by atomic mass is 15.3. The summed E-state index contributed by atoms with van der Waals surface area (Å²) >= 11 is 0. The van der Waals surface area contributed by atoms with Crippen LogP contribution in [0, 0.1) is 0 Å². The number of likely N-dealkylation sites (tertiary alicyclic amines) is 1. The van der Waals surface area contributed by atoms with Gasteiger partial charge in [0.25, 0.3) is 0 Å². The number of rotatable bonds is 3. The fourth-order valence-electron chi connectivity index (χ4n) is 3.21. The molecule has 0 bridgehead atoms. The Bertz CT molecular complexity index is 205. The predicted octanol–water partition coefficient (Wildman–Crippen LogP) is 0.763. The van der Waals surface area contributed by atoms with Crippen LogP contribution in [-0.2, 0) is 0 Å². The summed E-state index contributed by atoms with van der Waals surface area (Å²) in [5.74, 6) is 0. The number of nitrogens with zero attached hydrogens (tertiary/aromatic N) is 2. The number of nitrogens with one attached hydrogen (secondary N) is 1. The smallest absolute Gasteiger partial charge is 0.0249 e. The van der Waals surface area contributed by atoms with Gasteiger partial charge in [-0.15, -0.1) is 0 Å². The van der Waals surface area contributed by atoms with Crippen LogP contribution in [0.4, 0.5) is 0 Å². The zero-order valence-electron chi connectivity index (χ0n) is 10.4. The first-order valence-corrected chi connectivity index (χ1v) is 6.30. The Morgan fingerprint density at radius 2 is 2.00 bits per heavy atom. The predicted molar refractivity (Wildman–Crippen MR) is 64.2 cm³/mol. The van der Waals surface area contributed by atoms with E-state index in [0.717, 1.165) is 18.1 Å². The van der Waals surface area contributed by atoms with Gasteiger partial charge in [-0.1, -0.05) is 6.42 Å². The van der Waals surface area contributed by atoms with E-state index in [1.165, 1.54) is 38.8 Å². The zero-order valence-corrected chi connectivity index (χ0v) is 10.4. The highest BCUT2D eigenvalue weighted by molar-refractivity contribution is 4.94. The van der Waals surface area contributed by atoms with Crippen molar-refractivity contribution in [2.45, 2.75) is 43.8 Å². The van der Waals surface area contributed by atoms with Gasteiger partial charge in [-0.3, -0.25) is 4.90 Å². The summed E-state index contributed by atoms with van der Waals surface area (Å²) in [6.45, 7) is 2.57.